The molecule has 8 nitrogen and oxygen atoms in total. The first-order chi connectivity index (χ1) is 19.5. The first-order valence-electron chi connectivity index (χ1n) is 13.7. The minimum atomic E-state index is -0.234. The van der Waals surface area contributed by atoms with E-state index in [0.29, 0.717) is 60.4 Å². The third kappa shape index (κ3) is 8.93. The number of carbonyl (C=O) groups excluding carboxylic acids is 2. The third-order valence-electron chi connectivity index (χ3n) is 6.28. The number of unbranched alkanes of at least 4 members (excludes halogenated alkanes) is 2. The standard InChI is InChI=1S/C32H40N2O6/c1-5-7-17-39-27-15-9-23(19-29(27)37-3)21-33-31(35)25-11-13-26(14-12-25)32(36)34-22-24-10-16-28(30(20-24)38-4)40-18-8-6-2/h9-16,19-20H,5-8,17-18,21-22H2,1-4H3,(H,33,35)(H,34,36). The second kappa shape index (κ2) is 16.0. The number of benzene rings is 3. The van der Waals surface area contributed by atoms with Gasteiger partial charge in [-0.15, -0.1) is 0 Å². The molecule has 0 saturated carbocycles. The Kier molecular flexibility index (Phi) is 12.2. The average Bonchev–Trinajstić information content (AvgIpc) is 2.99. The van der Waals surface area contributed by atoms with Crippen LogP contribution in [0.15, 0.2) is 60.7 Å². The SMILES string of the molecule is CCCCOc1ccc(CNC(=O)c2ccc(C(=O)NCc3ccc(OCCCC)c(OC)c3)cc2)cc1OC. The largest absolute Gasteiger partial charge is 0.493 e. The summed E-state index contributed by atoms with van der Waals surface area (Å²) >= 11 is 0. The molecule has 214 valence electrons. The Morgan fingerprint density at radius 3 is 1.35 bits per heavy atom. The van der Waals surface area contributed by atoms with Gasteiger partial charge in [-0.1, -0.05) is 38.8 Å². The molecule has 3 rings (SSSR count). The highest BCUT2D eigenvalue weighted by molar-refractivity contribution is 5.97. The molecular formula is C32H40N2O6. The smallest absolute Gasteiger partial charge is 0.251 e. The summed E-state index contributed by atoms with van der Waals surface area (Å²) in [5, 5.41) is 5.81. The van der Waals surface area contributed by atoms with Gasteiger partial charge >= 0.3 is 0 Å². The predicted octanol–water partition coefficient (Wildman–Crippen LogP) is 5.92. The summed E-state index contributed by atoms with van der Waals surface area (Å²) < 4.78 is 22.4. The number of hydrogen-bond acceptors (Lipinski definition) is 6. The van der Waals surface area contributed by atoms with Gasteiger partial charge in [-0.25, -0.2) is 0 Å². The Morgan fingerprint density at radius 2 is 1.00 bits per heavy atom. The summed E-state index contributed by atoms with van der Waals surface area (Å²) in [6.45, 7) is 6.15. The molecule has 0 heterocycles. The highest BCUT2D eigenvalue weighted by Crippen LogP contribution is 2.29. The van der Waals surface area contributed by atoms with Crippen LogP contribution in [0, 0.1) is 0 Å². The quantitative estimate of drug-likeness (QED) is 0.216. The summed E-state index contributed by atoms with van der Waals surface area (Å²) in [6, 6.07) is 17.8. The molecule has 0 fully saturated rings. The van der Waals surface area contributed by atoms with Crippen LogP contribution >= 0.6 is 0 Å². The van der Waals surface area contributed by atoms with Gasteiger partial charge in [-0.3, -0.25) is 9.59 Å². The lowest BCUT2D eigenvalue weighted by atomic mass is 10.1. The molecule has 40 heavy (non-hydrogen) atoms. The number of hydrogen-bond donors (Lipinski definition) is 2. The lowest BCUT2D eigenvalue weighted by Gasteiger charge is -2.13. The van der Waals surface area contributed by atoms with E-state index in [1.54, 1.807) is 38.5 Å². The van der Waals surface area contributed by atoms with Gasteiger partial charge in [0.2, 0.25) is 0 Å². The minimum absolute atomic E-state index is 0.234. The summed E-state index contributed by atoms with van der Waals surface area (Å²) in [5.41, 5.74) is 2.71. The summed E-state index contributed by atoms with van der Waals surface area (Å²) in [7, 11) is 3.19. The van der Waals surface area contributed by atoms with E-state index in [1.165, 1.54) is 0 Å². The highest BCUT2D eigenvalue weighted by Gasteiger charge is 2.12. The van der Waals surface area contributed by atoms with E-state index in [9.17, 15) is 9.59 Å². The molecule has 0 bridgehead atoms. The highest BCUT2D eigenvalue weighted by atomic mass is 16.5. The molecule has 0 aliphatic heterocycles. The van der Waals surface area contributed by atoms with Crippen molar-refractivity contribution in [3.8, 4) is 23.0 Å². The molecule has 2 N–H and O–H groups in total. The van der Waals surface area contributed by atoms with Crippen LogP contribution in [-0.4, -0.2) is 39.2 Å². The van der Waals surface area contributed by atoms with Crippen LogP contribution in [-0.2, 0) is 13.1 Å². The lowest BCUT2D eigenvalue weighted by Crippen LogP contribution is -2.24. The zero-order valence-corrected chi connectivity index (χ0v) is 23.9. The average molecular weight is 549 g/mol. The second-order valence-electron chi connectivity index (χ2n) is 9.32. The van der Waals surface area contributed by atoms with Gasteiger partial charge in [0.05, 0.1) is 27.4 Å². The molecule has 0 unspecified atom stereocenters. The first-order valence-corrected chi connectivity index (χ1v) is 13.7. The monoisotopic (exact) mass is 548 g/mol. The number of carbonyl (C=O) groups is 2. The van der Waals surface area contributed by atoms with Gasteiger partial charge in [0, 0.05) is 24.2 Å². The van der Waals surface area contributed by atoms with E-state index < -0.39 is 0 Å². The summed E-state index contributed by atoms with van der Waals surface area (Å²) in [5.74, 6) is 2.17. The van der Waals surface area contributed by atoms with Crippen LogP contribution in [0.2, 0.25) is 0 Å². The van der Waals surface area contributed by atoms with Crippen molar-refractivity contribution in [2.45, 2.75) is 52.6 Å². The van der Waals surface area contributed by atoms with E-state index in [-0.39, 0.29) is 11.8 Å². The fourth-order valence-corrected chi connectivity index (χ4v) is 3.88. The Bertz CT molecular complexity index is 1150. The zero-order chi connectivity index (χ0) is 28.7. The lowest BCUT2D eigenvalue weighted by molar-refractivity contribution is 0.0939. The first kappa shape index (κ1) is 30.3. The van der Waals surface area contributed by atoms with Gasteiger partial charge in [0.25, 0.3) is 11.8 Å². The molecule has 0 aliphatic rings. The minimum Gasteiger partial charge on any atom is -0.493 e. The molecule has 3 aromatic rings. The van der Waals surface area contributed by atoms with Crippen LogP contribution in [0.1, 0.15) is 71.4 Å². The van der Waals surface area contributed by atoms with Gasteiger partial charge in [-0.2, -0.15) is 0 Å². The number of nitrogens with one attached hydrogen (secondary N) is 2. The third-order valence-corrected chi connectivity index (χ3v) is 6.28. The summed E-state index contributed by atoms with van der Waals surface area (Å²) in [4.78, 5) is 25.4. The van der Waals surface area contributed by atoms with Crippen molar-refractivity contribution in [1.29, 1.82) is 0 Å². The number of rotatable bonds is 16. The molecule has 8 heteroatoms. The van der Waals surface area contributed by atoms with E-state index in [2.05, 4.69) is 24.5 Å². The van der Waals surface area contributed by atoms with Gasteiger partial charge in [0.15, 0.2) is 23.0 Å². The van der Waals surface area contributed by atoms with Crippen molar-refractivity contribution in [1.82, 2.24) is 10.6 Å². The van der Waals surface area contributed by atoms with E-state index in [4.69, 9.17) is 18.9 Å². The van der Waals surface area contributed by atoms with Crippen molar-refractivity contribution in [3.05, 3.63) is 82.9 Å². The number of methoxy groups -OCH3 is 2. The molecule has 0 aliphatic carbocycles. The number of amides is 2. The molecule has 2 amide bonds. The fourth-order valence-electron chi connectivity index (χ4n) is 3.88. The fraction of sp³-hybridized carbons (Fsp3) is 0.375. The Balaban J connectivity index is 1.51. The zero-order valence-electron chi connectivity index (χ0n) is 23.9. The van der Waals surface area contributed by atoms with Gasteiger partial charge < -0.3 is 29.6 Å². The second-order valence-corrected chi connectivity index (χ2v) is 9.32. The number of ether oxygens (including phenoxy) is 4. The van der Waals surface area contributed by atoms with E-state index >= 15 is 0 Å². The van der Waals surface area contributed by atoms with Crippen LogP contribution < -0.4 is 29.6 Å². The topological polar surface area (TPSA) is 95.1 Å². The van der Waals surface area contributed by atoms with Gasteiger partial charge in [0.1, 0.15) is 0 Å². The van der Waals surface area contributed by atoms with Crippen LogP contribution in [0.25, 0.3) is 0 Å². The van der Waals surface area contributed by atoms with E-state index in [0.717, 1.165) is 36.8 Å². The molecular weight excluding hydrogens is 508 g/mol. The van der Waals surface area contributed by atoms with E-state index in [1.807, 2.05) is 36.4 Å². The van der Waals surface area contributed by atoms with Crippen LogP contribution in [0.3, 0.4) is 0 Å². The van der Waals surface area contributed by atoms with Crippen molar-refractivity contribution in [3.63, 3.8) is 0 Å². The maximum Gasteiger partial charge on any atom is 0.251 e. The normalized spacial score (nSPS) is 10.5. The Labute approximate surface area is 237 Å². The summed E-state index contributed by atoms with van der Waals surface area (Å²) in [6.07, 6.45) is 4.05. The van der Waals surface area contributed by atoms with Gasteiger partial charge in [-0.05, 0) is 72.5 Å². The van der Waals surface area contributed by atoms with Crippen molar-refractivity contribution >= 4 is 11.8 Å². The molecule has 3 aromatic carbocycles. The Morgan fingerprint density at radius 1 is 0.600 bits per heavy atom. The molecule has 0 spiro atoms. The maximum absolute atomic E-state index is 12.7. The van der Waals surface area contributed by atoms with Crippen molar-refractivity contribution < 1.29 is 28.5 Å². The van der Waals surface area contributed by atoms with Crippen molar-refractivity contribution in [2.24, 2.45) is 0 Å². The van der Waals surface area contributed by atoms with Crippen LogP contribution in [0.5, 0.6) is 23.0 Å². The predicted molar refractivity (Wildman–Crippen MR) is 156 cm³/mol. The molecule has 0 atom stereocenters. The molecule has 0 radical (unpaired) electrons. The Hall–Kier alpha value is -4.20. The molecule has 0 aromatic heterocycles. The molecule has 0 saturated heterocycles. The van der Waals surface area contributed by atoms with Crippen molar-refractivity contribution in [2.75, 3.05) is 27.4 Å². The van der Waals surface area contributed by atoms with Crippen LogP contribution in [0.4, 0.5) is 0 Å². The maximum atomic E-state index is 12.7.